The Morgan fingerprint density at radius 1 is 1.27 bits per heavy atom. The van der Waals surface area contributed by atoms with E-state index in [9.17, 15) is 5.11 Å². The summed E-state index contributed by atoms with van der Waals surface area (Å²) >= 11 is 0. The summed E-state index contributed by atoms with van der Waals surface area (Å²) in [4.78, 5) is 0. The van der Waals surface area contributed by atoms with Gasteiger partial charge in [0.2, 0.25) is 0 Å². The molecule has 1 heterocycles. The van der Waals surface area contributed by atoms with E-state index < -0.39 is 6.10 Å². The molecule has 0 spiro atoms. The summed E-state index contributed by atoms with van der Waals surface area (Å²) in [5.41, 5.74) is 0.854. The molecule has 1 aliphatic carbocycles. The third-order valence-corrected chi connectivity index (χ3v) is 5.18. The predicted octanol–water partition coefficient (Wildman–Crippen LogP) is 2.52. The van der Waals surface area contributed by atoms with Crippen molar-refractivity contribution in [2.75, 3.05) is 26.9 Å². The van der Waals surface area contributed by atoms with Gasteiger partial charge in [-0.1, -0.05) is 24.6 Å². The van der Waals surface area contributed by atoms with E-state index in [-0.39, 0.29) is 0 Å². The molecule has 1 aliphatic heterocycles. The largest absolute Gasteiger partial charge is 0.496 e. The van der Waals surface area contributed by atoms with E-state index in [1.807, 2.05) is 24.3 Å². The van der Waals surface area contributed by atoms with Gasteiger partial charge in [0, 0.05) is 30.7 Å². The van der Waals surface area contributed by atoms with Gasteiger partial charge in [-0.25, -0.2) is 0 Å². The Hall–Kier alpha value is -1.10. The molecule has 2 fully saturated rings. The molecule has 0 amide bonds. The van der Waals surface area contributed by atoms with Crippen molar-refractivity contribution in [3.8, 4) is 5.75 Å². The fourth-order valence-corrected chi connectivity index (χ4v) is 3.65. The maximum absolute atomic E-state index is 10.5. The van der Waals surface area contributed by atoms with Crippen LogP contribution >= 0.6 is 0 Å². The Morgan fingerprint density at radius 2 is 2.09 bits per heavy atom. The molecule has 1 aromatic carbocycles. The second-order valence-electron chi connectivity index (χ2n) is 6.51. The zero-order chi connectivity index (χ0) is 15.4. The number of nitrogens with one attached hydrogen (secondary N) is 1. The number of para-hydroxylation sites is 1. The lowest BCUT2D eigenvalue weighted by Crippen LogP contribution is -2.46. The molecule has 3 unspecified atom stereocenters. The highest BCUT2D eigenvalue weighted by Crippen LogP contribution is 2.35. The van der Waals surface area contributed by atoms with Gasteiger partial charge in [0.05, 0.1) is 19.8 Å². The van der Waals surface area contributed by atoms with Crippen molar-refractivity contribution in [1.29, 1.82) is 0 Å². The highest BCUT2D eigenvalue weighted by molar-refractivity contribution is 5.35. The van der Waals surface area contributed by atoms with Crippen LogP contribution in [0.15, 0.2) is 24.3 Å². The fraction of sp³-hybridized carbons (Fsp3) is 0.667. The van der Waals surface area contributed by atoms with Crippen molar-refractivity contribution in [3.05, 3.63) is 29.8 Å². The number of hydrogen-bond donors (Lipinski definition) is 2. The maximum atomic E-state index is 10.5. The minimum Gasteiger partial charge on any atom is -0.496 e. The summed E-state index contributed by atoms with van der Waals surface area (Å²) in [5, 5.41) is 14.2. The first-order chi connectivity index (χ1) is 10.8. The maximum Gasteiger partial charge on any atom is 0.124 e. The van der Waals surface area contributed by atoms with Crippen LogP contribution in [0.4, 0.5) is 0 Å². The van der Waals surface area contributed by atoms with Crippen LogP contribution in [0.1, 0.15) is 37.4 Å². The monoisotopic (exact) mass is 305 g/mol. The van der Waals surface area contributed by atoms with E-state index >= 15 is 0 Å². The summed E-state index contributed by atoms with van der Waals surface area (Å²) in [6.07, 6.45) is 4.54. The van der Waals surface area contributed by atoms with Crippen molar-refractivity contribution in [2.24, 2.45) is 11.8 Å². The van der Waals surface area contributed by atoms with Crippen molar-refractivity contribution < 1.29 is 14.6 Å². The molecule has 22 heavy (non-hydrogen) atoms. The molecule has 0 radical (unpaired) electrons. The lowest BCUT2D eigenvalue weighted by molar-refractivity contribution is 0.115. The topological polar surface area (TPSA) is 50.7 Å². The van der Waals surface area contributed by atoms with Gasteiger partial charge in [0.15, 0.2) is 0 Å². The van der Waals surface area contributed by atoms with Crippen LogP contribution < -0.4 is 10.1 Å². The van der Waals surface area contributed by atoms with Gasteiger partial charge in [0.1, 0.15) is 5.75 Å². The summed E-state index contributed by atoms with van der Waals surface area (Å²) in [5.74, 6) is 2.09. The molecular weight excluding hydrogens is 278 g/mol. The van der Waals surface area contributed by atoms with Gasteiger partial charge in [-0.05, 0) is 31.2 Å². The van der Waals surface area contributed by atoms with Gasteiger partial charge in [-0.2, -0.15) is 0 Å². The number of hydrogen-bond acceptors (Lipinski definition) is 4. The predicted molar refractivity (Wildman–Crippen MR) is 86.0 cm³/mol. The molecule has 0 aromatic heterocycles. The molecule has 2 N–H and O–H groups in total. The van der Waals surface area contributed by atoms with Gasteiger partial charge in [-0.15, -0.1) is 0 Å². The second-order valence-corrected chi connectivity index (χ2v) is 6.51. The van der Waals surface area contributed by atoms with Gasteiger partial charge in [-0.3, -0.25) is 0 Å². The minimum atomic E-state index is -0.541. The van der Waals surface area contributed by atoms with Crippen LogP contribution in [0.2, 0.25) is 0 Å². The van der Waals surface area contributed by atoms with Gasteiger partial charge < -0.3 is 19.9 Å². The fourth-order valence-electron chi connectivity index (χ4n) is 3.65. The Labute approximate surface area is 132 Å². The molecule has 4 heteroatoms. The molecule has 122 valence electrons. The molecule has 3 rings (SSSR count). The lowest BCUT2D eigenvalue weighted by Gasteiger charge is -2.38. The summed E-state index contributed by atoms with van der Waals surface area (Å²) in [6.45, 7) is 2.31. The van der Waals surface area contributed by atoms with E-state index in [4.69, 9.17) is 9.47 Å². The van der Waals surface area contributed by atoms with Crippen LogP contribution in [0.3, 0.4) is 0 Å². The van der Waals surface area contributed by atoms with E-state index in [1.54, 1.807) is 7.11 Å². The highest BCUT2D eigenvalue weighted by atomic mass is 16.5. The third-order valence-electron chi connectivity index (χ3n) is 5.18. The molecule has 0 bridgehead atoms. The first-order valence-electron chi connectivity index (χ1n) is 8.41. The molecule has 1 aromatic rings. The Balaban J connectivity index is 1.61. The molecule has 1 saturated heterocycles. The first-order valence-corrected chi connectivity index (χ1v) is 8.41. The van der Waals surface area contributed by atoms with Crippen LogP contribution in [-0.2, 0) is 4.74 Å². The molecular formula is C18H27NO3. The summed E-state index contributed by atoms with van der Waals surface area (Å²) in [6, 6.07) is 8.17. The summed E-state index contributed by atoms with van der Waals surface area (Å²) in [7, 11) is 1.64. The van der Waals surface area contributed by atoms with Crippen LogP contribution in [0.5, 0.6) is 5.75 Å². The van der Waals surface area contributed by atoms with E-state index in [0.717, 1.165) is 36.9 Å². The number of methoxy groups -OCH3 is 1. The molecule has 1 saturated carbocycles. The second kappa shape index (κ2) is 7.44. The quantitative estimate of drug-likeness (QED) is 0.813. The Morgan fingerprint density at radius 3 is 2.73 bits per heavy atom. The smallest absolute Gasteiger partial charge is 0.124 e. The van der Waals surface area contributed by atoms with E-state index in [1.165, 1.54) is 19.3 Å². The lowest BCUT2D eigenvalue weighted by atomic mass is 9.74. The van der Waals surface area contributed by atoms with Crippen molar-refractivity contribution in [3.63, 3.8) is 0 Å². The van der Waals surface area contributed by atoms with E-state index in [0.29, 0.717) is 18.5 Å². The van der Waals surface area contributed by atoms with E-state index in [2.05, 4.69) is 5.32 Å². The van der Waals surface area contributed by atoms with Gasteiger partial charge >= 0.3 is 0 Å². The SMILES string of the molecule is COc1ccccc1C(O)CNC(C1CCC1)C1CCOC1. The average Bonchev–Trinajstić information content (AvgIpc) is 3.03. The van der Waals surface area contributed by atoms with Gasteiger partial charge in [0.25, 0.3) is 0 Å². The third kappa shape index (κ3) is 3.45. The standard InChI is InChI=1S/C18H27NO3/c1-21-17-8-3-2-7-15(17)16(20)11-19-18(13-5-4-6-13)14-9-10-22-12-14/h2-3,7-8,13-14,16,18-20H,4-6,9-12H2,1H3. The zero-order valence-corrected chi connectivity index (χ0v) is 13.3. The zero-order valence-electron chi connectivity index (χ0n) is 13.3. The van der Waals surface area contributed by atoms with Crippen LogP contribution in [0.25, 0.3) is 0 Å². The molecule has 3 atom stereocenters. The average molecular weight is 305 g/mol. The number of ether oxygens (including phenoxy) is 2. The highest BCUT2D eigenvalue weighted by Gasteiger charge is 2.35. The number of aliphatic hydroxyl groups excluding tert-OH is 1. The Bertz CT molecular complexity index is 469. The Kier molecular flexibility index (Phi) is 5.34. The van der Waals surface area contributed by atoms with Crippen molar-refractivity contribution in [1.82, 2.24) is 5.32 Å². The van der Waals surface area contributed by atoms with Crippen molar-refractivity contribution in [2.45, 2.75) is 37.8 Å². The number of rotatable bonds is 7. The molecule has 2 aliphatic rings. The first kappa shape index (κ1) is 15.8. The number of benzene rings is 1. The number of aliphatic hydroxyl groups is 1. The van der Waals surface area contributed by atoms with Crippen LogP contribution in [0, 0.1) is 11.8 Å². The summed E-state index contributed by atoms with van der Waals surface area (Å²) < 4.78 is 10.9. The normalized spacial score (nSPS) is 24.7. The minimum absolute atomic E-state index is 0.473. The van der Waals surface area contributed by atoms with Crippen LogP contribution in [-0.4, -0.2) is 38.0 Å². The van der Waals surface area contributed by atoms with Crippen molar-refractivity contribution >= 4 is 0 Å². The molecule has 4 nitrogen and oxygen atoms in total.